The number of hydrogen-bond acceptors (Lipinski definition) is 3. The minimum atomic E-state index is -0.821. The van der Waals surface area contributed by atoms with Crippen LogP contribution >= 0.6 is 0 Å². The summed E-state index contributed by atoms with van der Waals surface area (Å²) in [5.41, 5.74) is 14.7. The summed E-state index contributed by atoms with van der Waals surface area (Å²) in [6.45, 7) is 11.4. The Morgan fingerprint density at radius 2 is 1.61 bits per heavy atom. The number of hydrogen-bond donors (Lipinski definition) is 2. The lowest BCUT2D eigenvalue weighted by atomic mass is 9.74. The average Bonchev–Trinajstić information content (AvgIpc) is 2.88. The summed E-state index contributed by atoms with van der Waals surface area (Å²) in [7, 11) is 0. The van der Waals surface area contributed by atoms with E-state index in [0.717, 1.165) is 55.5 Å². The summed E-state index contributed by atoms with van der Waals surface area (Å²) in [5.74, 6) is -1.12. The topological polar surface area (TPSA) is 103 Å². The molecule has 38 heavy (non-hydrogen) atoms. The van der Waals surface area contributed by atoms with Gasteiger partial charge in [0, 0.05) is 30.4 Å². The van der Waals surface area contributed by atoms with E-state index in [2.05, 4.69) is 39.8 Å². The number of nitrogens with zero attached hydrogens (tertiary/aromatic N) is 1. The van der Waals surface area contributed by atoms with Crippen LogP contribution in [0.3, 0.4) is 0 Å². The third-order valence-electron chi connectivity index (χ3n) is 8.27. The molecule has 0 spiro atoms. The van der Waals surface area contributed by atoms with Gasteiger partial charge in [-0.05, 0) is 34.9 Å². The van der Waals surface area contributed by atoms with Gasteiger partial charge in [-0.2, -0.15) is 0 Å². The van der Waals surface area contributed by atoms with E-state index in [1.807, 2.05) is 36.4 Å². The highest BCUT2D eigenvalue weighted by Crippen LogP contribution is 2.39. The van der Waals surface area contributed by atoms with Crippen molar-refractivity contribution in [3.8, 4) is 0 Å². The summed E-state index contributed by atoms with van der Waals surface area (Å²) in [4.78, 5) is 36.9. The molecule has 1 atom stereocenters. The van der Waals surface area contributed by atoms with Crippen molar-refractivity contribution in [1.82, 2.24) is 0 Å². The highest BCUT2D eigenvalue weighted by molar-refractivity contribution is 6.37. The van der Waals surface area contributed by atoms with Gasteiger partial charge in [0.15, 0.2) is 6.04 Å². The lowest BCUT2D eigenvalue weighted by Crippen LogP contribution is -2.63. The fourth-order valence-corrected chi connectivity index (χ4v) is 5.89. The maximum absolute atomic E-state index is 13.1. The third kappa shape index (κ3) is 7.19. The number of unbranched alkanes of at least 4 members (excludes halogenated alkanes) is 1. The van der Waals surface area contributed by atoms with Crippen LogP contribution < -0.4 is 11.5 Å². The van der Waals surface area contributed by atoms with Gasteiger partial charge < -0.3 is 16.0 Å². The predicted octanol–water partition coefficient (Wildman–Crippen LogP) is 5.34. The summed E-state index contributed by atoms with van der Waals surface area (Å²) in [5, 5.41) is 0. The molecule has 4 N–H and O–H groups in total. The number of nitrogens with two attached hydrogens (primary N) is 2. The Morgan fingerprint density at radius 3 is 2.16 bits per heavy atom. The first-order valence-electron chi connectivity index (χ1n) is 13.8. The normalized spacial score (nSPS) is 20.8. The quantitative estimate of drug-likeness (QED) is 0.238. The van der Waals surface area contributed by atoms with Gasteiger partial charge in [-0.15, -0.1) is 0 Å². The molecule has 3 rings (SSSR count). The second-order valence-corrected chi connectivity index (χ2v) is 11.9. The lowest BCUT2D eigenvalue weighted by molar-refractivity contribution is -0.960. The molecule has 204 valence electrons. The van der Waals surface area contributed by atoms with Crippen LogP contribution in [0.15, 0.2) is 48.5 Å². The van der Waals surface area contributed by atoms with Crippen LogP contribution in [0.1, 0.15) is 86.8 Å². The van der Waals surface area contributed by atoms with E-state index in [1.54, 1.807) is 12.1 Å². The van der Waals surface area contributed by atoms with Crippen LogP contribution in [0.25, 0.3) is 12.2 Å². The van der Waals surface area contributed by atoms with Crippen molar-refractivity contribution in [2.45, 2.75) is 72.4 Å². The minimum Gasteiger partial charge on any atom is -0.366 e. The van der Waals surface area contributed by atoms with E-state index in [1.165, 1.54) is 0 Å². The molecule has 1 saturated heterocycles. The minimum absolute atomic E-state index is 0.212. The van der Waals surface area contributed by atoms with Crippen LogP contribution in [0.4, 0.5) is 0 Å². The second-order valence-electron chi connectivity index (χ2n) is 11.9. The number of carbonyl (C=O) groups is 3. The number of primary amides is 2. The molecule has 0 radical (unpaired) electrons. The fourth-order valence-electron chi connectivity index (χ4n) is 5.89. The Kier molecular flexibility index (Phi) is 9.66. The van der Waals surface area contributed by atoms with Gasteiger partial charge in [-0.25, -0.2) is 0 Å². The molecule has 0 aromatic heterocycles. The number of benzene rings is 2. The van der Waals surface area contributed by atoms with Gasteiger partial charge in [0.1, 0.15) is 6.54 Å². The average molecular weight is 519 g/mol. The number of carbonyl (C=O) groups excluding carboxylic acids is 3. The molecule has 1 aliphatic heterocycles. The van der Waals surface area contributed by atoms with E-state index >= 15 is 0 Å². The summed E-state index contributed by atoms with van der Waals surface area (Å²) >= 11 is 0. The van der Waals surface area contributed by atoms with Crippen LogP contribution in [0.5, 0.6) is 0 Å². The van der Waals surface area contributed by atoms with Gasteiger partial charge in [-0.1, -0.05) is 88.7 Å². The Hall–Kier alpha value is -3.25. The molecule has 0 saturated carbocycles. The number of rotatable bonds is 11. The van der Waals surface area contributed by atoms with Gasteiger partial charge >= 0.3 is 0 Å². The van der Waals surface area contributed by atoms with Crippen molar-refractivity contribution in [2.24, 2.45) is 22.8 Å². The summed E-state index contributed by atoms with van der Waals surface area (Å²) < 4.78 is 0.593. The lowest BCUT2D eigenvalue weighted by Gasteiger charge is -2.50. The second kappa shape index (κ2) is 12.5. The molecule has 6 heteroatoms. The molecule has 1 heterocycles. The number of Topliss-reactive ketones (excluding diaryl/α,β-unsaturated/α-hetero) is 1. The molecule has 2 aromatic carbocycles. The van der Waals surface area contributed by atoms with E-state index < -0.39 is 23.6 Å². The number of likely N-dealkylation sites (tertiary alicyclic amines) is 1. The maximum Gasteiger partial charge on any atom is 0.291 e. The Morgan fingerprint density at radius 1 is 0.974 bits per heavy atom. The molecule has 2 amide bonds. The highest BCUT2D eigenvalue weighted by atomic mass is 16.2. The van der Waals surface area contributed by atoms with Crippen molar-refractivity contribution in [2.75, 3.05) is 13.1 Å². The van der Waals surface area contributed by atoms with Crippen molar-refractivity contribution < 1.29 is 18.9 Å². The zero-order valence-corrected chi connectivity index (χ0v) is 23.4. The molecule has 0 bridgehead atoms. The number of ketones is 1. The predicted molar refractivity (Wildman–Crippen MR) is 154 cm³/mol. The SMILES string of the molecule is CCCCC(C(=O)C(N)=O)[N+]1(Cc2ccc(C=Cc3ccccc3C(N)=O)cc2)CCC(C(C)(C)C)CC1. The van der Waals surface area contributed by atoms with Gasteiger partial charge in [0.05, 0.1) is 13.1 Å². The van der Waals surface area contributed by atoms with Crippen LogP contribution in [0.2, 0.25) is 0 Å². The largest absolute Gasteiger partial charge is 0.366 e. The van der Waals surface area contributed by atoms with Crippen molar-refractivity contribution in [3.63, 3.8) is 0 Å². The van der Waals surface area contributed by atoms with Crippen LogP contribution in [-0.4, -0.2) is 41.2 Å². The smallest absolute Gasteiger partial charge is 0.291 e. The maximum atomic E-state index is 13.1. The molecule has 1 fully saturated rings. The first-order valence-corrected chi connectivity index (χ1v) is 13.8. The van der Waals surface area contributed by atoms with Gasteiger partial charge in [-0.3, -0.25) is 14.4 Å². The van der Waals surface area contributed by atoms with E-state index in [4.69, 9.17) is 11.5 Å². The zero-order valence-electron chi connectivity index (χ0n) is 23.4. The Labute approximate surface area is 227 Å². The molecular weight excluding hydrogens is 474 g/mol. The highest BCUT2D eigenvalue weighted by Gasteiger charge is 2.47. The van der Waals surface area contributed by atoms with Crippen molar-refractivity contribution in [3.05, 3.63) is 70.8 Å². The number of quaternary nitrogens is 1. The molecule has 0 aliphatic carbocycles. The summed E-state index contributed by atoms with van der Waals surface area (Å²) in [6.07, 6.45) is 8.45. The van der Waals surface area contributed by atoms with Crippen molar-refractivity contribution >= 4 is 29.7 Å². The molecule has 1 unspecified atom stereocenters. The van der Waals surface area contributed by atoms with E-state index in [9.17, 15) is 14.4 Å². The van der Waals surface area contributed by atoms with Gasteiger partial charge in [0.2, 0.25) is 5.91 Å². The molecule has 6 nitrogen and oxygen atoms in total. The molecular formula is C32H44N3O3+. The first kappa shape index (κ1) is 29.3. The van der Waals surface area contributed by atoms with Crippen molar-refractivity contribution in [1.29, 1.82) is 0 Å². The molecule has 1 aliphatic rings. The van der Waals surface area contributed by atoms with E-state index in [0.29, 0.717) is 28.9 Å². The first-order chi connectivity index (χ1) is 18.0. The number of piperidine rings is 1. The monoisotopic (exact) mass is 518 g/mol. The van der Waals surface area contributed by atoms with Crippen LogP contribution in [-0.2, 0) is 16.1 Å². The third-order valence-corrected chi connectivity index (χ3v) is 8.27. The summed E-state index contributed by atoms with van der Waals surface area (Å²) in [6, 6.07) is 15.2. The van der Waals surface area contributed by atoms with E-state index in [-0.39, 0.29) is 5.41 Å². The Bertz CT molecular complexity index is 1150. The van der Waals surface area contributed by atoms with Crippen LogP contribution in [0, 0.1) is 11.3 Å². The Balaban J connectivity index is 1.87. The fraction of sp³-hybridized carbons (Fsp3) is 0.469. The number of amides is 2. The standard InChI is InChI=1S/C32H43N3O3/c1-5-6-11-28(29(36)31(34)38)35(20-18-26(19-21-35)32(2,3)4)22-24-14-12-23(13-15-24)16-17-25-9-7-8-10-27(25)30(33)37/h7-10,12-17,26,28H,5-6,11,18-22H2,1-4H3,(H3-,33,34,37,38)/p+1. The zero-order chi connectivity index (χ0) is 27.9. The molecule has 2 aromatic rings. The van der Waals surface area contributed by atoms with Gasteiger partial charge in [0.25, 0.3) is 11.7 Å².